The highest BCUT2D eigenvalue weighted by Crippen LogP contribution is 2.28. The Balaban J connectivity index is 1.55. The third kappa shape index (κ3) is 3.33. The Kier molecular flexibility index (Phi) is 4.46. The van der Waals surface area contributed by atoms with Crippen molar-refractivity contribution in [1.29, 1.82) is 0 Å². The number of hydrogen-bond acceptors (Lipinski definition) is 4. The molecule has 0 aliphatic carbocycles. The quantitative estimate of drug-likeness (QED) is 0.566. The fourth-order valence-electron chi connectivity index (χ4n) is 3.39. The van der Waals surface area contributed by atoms with Crippen molar-refractivity contribution in [3.05, 3.63) is 60.4 Å². The zero-order valence-corrected chi connectivity index (χ0v) is 15.1. The van der Waals surface area contributed by atoms with Gasteiger partial charge in [-0.1, -0.05) is 36.4 Å². The molecule has 0 bridgehead atoms. The Morgan fingerprint density at radius 2 is 1.81 bits per heavy atom. The van der Waals surface area contributed by atoms with Gasteiger partial charge in [-0.25, -0.2) is 9.97 Å². The number of carbonyl (C=O) groups excluding carboxylic acids is 1. The van der Waals surface area contributed by atoms with E-state index in [1.165, 1.54) is 0 Å². The molecule has 136 valence electrons. The number of aryl methyl sites for hydroxylation is 2. The molecule has 0 unspecified atom stereocenters. The van der Waals surface area contributed by atoms with Crippen LogP contribution in [0.3, 0.4) is 0 Å². The van der Waals surface area contributed by atoms with Gasteiger partial charge in [0.2, 0.25) is 5.91 Å². The number of nitrogens with zero attached hydrogens (tertiary/aromatic N) is 3. The van der Waals surface area contributed by atoms with Crippen LogP contribution in [-0.4, -0.2) is 20.4 Å². The third-order valence-electron chi connectivity index (χ3n) is 4.64. The largest absolute Gasteiger partial charge is 0.382 e. The lowest BCUT2D eigenvalue weighted by molar-refractivity contribution is -0.116. The standard InChI is InChI=1S/C21H21N5O/c1-14-23-19-20(16-10-5-6-11-17(16)25-21(19)22)26(14)13-7-12-18(27)24-15-8-3-2-4-9-15/h2-6,8-11H,7,12-13H2,1H3,(H2,22,25)(H,24,27). The van der Waals surface area contributed by atoms with E-state index in [9.17, 15) is 4.79 Å². The van der Waals surface area contributed by atoms with Crippen molar-refractivity contribution >= 4 is 39.3 Å². The number of benzene rings is 2. The molecule has 0 aliphatic heterocycles. The number of nitrogens with two attached hydrogens (primary N) is 1. The summed E-state index contributed by atoms with van der Waals surface area (Å²) in [5.41, 5.74) is 9.49. The molecule has 1 amide bonds. The van der Waals surface area contributed by atoms with Gasteiger partial charge in [0.15, 0.2) is 5.82 Å². The maximum atomic E-state index is 12.2. The highest BCUT2D eigenvalue weighted by Gasteiger charge is 2.15. The molecular formula is C21H21N5O. The average Bonchev–Trinajstić information content (AvgIpc) is 3.00. The molecule has 0 spiro atoms. The van der Waals surface area contributed by atoms with Gasteiger partial charge < -0.3 is 15.6 Å². The Hall–Kier alpha value is -3.41. The molecule has 0 aliphatic rings. The fraction of sp³-hybridized carbons (Fsp3) is 0.190. The molecule has 27 heavy (non-hydrogen) atoms. The van der Waals surface area contributed by atoms with Crippen LogP contribution >= 0.6 is 0 Å². The van der Waals surface area contributed by atoms with Crippen LogP contribution in [0.25, 0.3) is 21.9 Å². The van der Waals surface area contributed by atoms with Gasteiger partial charge in [0.1, 0.15) is 11.3 Å². The van der Waals surface area contributed by atoms with E-state index in [0.717, 1.165) is 33.4 Å². The second-order valence-electron chi connectivity index (χ2n) is 6.54. The topological polar surface area (TPSA) is 85.8 Å². The number of anilines is 2. The molecule has 4 aromatic rings. The van der Waals surface area contributed by atoms with E-state index in [2.05, 4.69) is 19.9 Å². The Morgan fingerprint density at radius 3 is 2.63 bits per heavy atom. The van der Waals surface area contributed by atoms with Crippen molar-refractivity contribution in [1.82, 2.24) is 14.5 Å². The van der Waals surface area contributed by atoms with Crippen LogP contribution in [0, 0.1) is 6.92 Å². The van der Waals surface area contributed by atoms with Crippen LogP contribution in [0.5, 0.6) is 0 Å². The van der Waals surface area contributed by atoms with Gasteiger partial charge in [-0.05, 0) is 31.5 Å². The number of hydrogen-bond donors (Lipinski definition) is 2. The van der Waals surface area contributed by atoms with E-state index in [-0.39, 0.29) is 5.91 Å². The summed E-state index contributed by atoms with van der Waals surface area (Å²) in [6.07, 6.45) is 1.15. The summed E-state index contributed by atoms with van der Waals surface area (Å²) in [4.78, 5) is 21.2. The number of carbonyl (C=O) groups is 1. The number of nitrogens with one attached hydrogen (secondary N) is 1. The number of rotatable bonds is 5. The molecule has 0 saturated heterocycles. The summed E-state index contributed by atoms with van der Waals surface area (Å²) >= 11 is 0. The van der Waals surface area contributed by atoms with Crippen LogP contribution in [0.4, 0.5) is 11.5 Å². The van der Waals surface area contributed by atoms with Crippen LogP contribution in [0.1, 0.15) is 18.7 Å². The zero-order valence-electron chi connectivity index (χ0n) is 15.1. The Labute approximate surface area is 157 Å². The van der Waals surface area contributed by atoms with Crippen molar-refractivity contribution in [3.63, 3.8) is 0 Å². The number of imidazole rings is 1. The van der Waals surface area contributed by atoms with Crippen molar-refractivity contribution < 1.29 is 4.79 Å². The van der Waals surface area contributed by atoms with Gasteiger partial charge in [0, 0.05) is 24.0 Å². The minimum absolute atomic E-state index is 0.00862. The number of pyridine rings is 1. The molecule has 0 fully saturated rings. The maximum Gasteiger partial charge on any atom is 0.224 e. The minimum atomic E-state index is 0.00862. The highest BCUT2D eigenvalue weighted by atomic mass is 16.1. The van der Waals surface area contributed by atoms with Gasteiger partial charge in [-0.15, -0.1) is 0 Å². The van der Waals surface area contributed by atoms with E-state index in [4.69, 9.17) is 5.73 Å². The lowest BCUT2D eigenvalue weighted by Gasteiger charge is -2.10. The van der Waals surface area contributed by atoms with Crippen molar-refractivity contribution in [3.8, 4) is 0 Å². The van der Waals surface area contributed by atoms with E-state index in [0.29, 0.717) is 25.2 Å². The SMILES string of the molecule is Cc1nc2c(N)nc3ccccc3c2n1CCCC(=O)Nc1ccccc1. The van der Waals surface area contributed by atoms with Crippen molar-refractivity contribution in [2.75, 3.05) is 11.1 Å². The molecular weight excluding hydrogens is 338 g/mol. The monoisotopic (exact) mass is 359 g/mol. The summed E-state index contributed by atoms with van der Waals surface area (Å²) in [5.74, 6) is 1.32. The number of aromatic nitrogens is 3. The van der Waals surface area contributed by atoms with E-state index in [1.807, 2.05) is 61.5 Å². The van der Waals surface area contributed by atoms with Crippen molar-refractivity contribution in [2.45, 2.75) is 26.3 Å². The molecule has 4 rings (SSSR count). The molecule has 6 nitrogen and oxygen atoms in total. The molecule has 2 aromatic heterocycles. The molecule has 2 heterocycles. The summed E-state index contributed by atoms with van der Waals surface area (Å²) < 4.78 is 2.13. The van der Waals surface area contributed by atoms with Gasteiger partial charge >= 0.3 is 0 Å². The maximum absolute atomic E-state index is 12.2. The third-order valence-corrected chi connectivity index (χ3v) is 4.64. The number of fused-ring (bicyclic) bond motifs is 3. The van der Waals surface area contributed by atoms with Gasteiger partial charge in [0.25, 0.3) is 0 Å². The molecule has 2 aromatic carbocycles. The van der Waals surface area contributed by atoms with Crippen LogP contribution in [0.15, 0.2) is 54.6 Å². The first kappa shape index (κ1) is 17.0. The minimum Gasteiger partial charge on any atom is -0.382 e. The second-order valence-corrected chi connectivity index (χ2v) is 6.54. The molecule has 6 heteroatoms. The summed E-state index contributed by atoms with van der Waals surface area (Å²) in [6, 6.07) is 17.4. The zero-order chi connectivity index (χ0) is 18.8. The number of para-hydroxylation sites is 2. The molecule has 3 N–H and O–H groups in total. The van der Waals surface area contributed by atoms with Crippen LogP contribution < -0.4 is 11.1 Å². The van der Waals surface area contributed by atoms with E-state index < -0.39 is 0 Å². The normalized spacial score (nSPS) is 11.1. The predicted molar refractivity (Wildman–Crippen MR) is 108 cm³/mol. The smallest absolute Gasteiger partial charge is 0.224 e. The predicted octanol–water partition coefficient (Wildman–Crippen LogP) is 3.89. The van der Waals surface area contributed by atoms with Gasteiger partial charge in [-0.3, -0.25) is 4.79 Å². The molecule has 0 radical (unpaired) electrons. The average molecular weight is 359 g/mol. The first-order chi connectivity index (χ1) is 13.1. The van der Waals surface area contributed by atoms with E-state index >= 15 is 0 Å². The lowest BCUT2D eigenvalue weighted by Crippen LogP contribution is -2.12. The molecule has 0 saturated carbocycles. The van der Waals surface area contributed by atoms with Gasteiger partial charge in [-0.2, -0.15) is 0 Å². The Morgan fingerprint density at radius 1 is 1.07 bits per heavy atom. The summed E-state index contributed by atoms with van der Waals surface area (Å²) in [6.45, 7) is 2.65. The highest BCUT2D eigenvalue weighted by molar-refractivity contribution is 6.06. The first-order valence-electron chi connectivity index (χ1n) is 8.99. The number of nitrogen functional groups attached to an aromatic ring is 1. The molecule has 0 atom stereocenters. The lowest BCUT2D eigenvalue weighted by atomic mass is 10.2. The summed E-state index contributed by atoms with van der Waals surface area (Å²) in [7, 11) is 0. The number of amides is 1. The first-order valence-corrected chi connectivity index (χ1v) is 8.99. The van der Waals surface area contributed by atoms with Crippen molar-refractivity contribution in [2.24, 2.45) is 0 Å². The van der Waals surface area contributed by atoms with E-state index in [1.54, 1.807) is 0 Å². The van der Waals surface area contributed by atoms with Crippen LogP contribution in [-0.2, 0) is 11.3 Å². The Bertz CT molecular complexity index is 1120. The second kappa shape index (κ2) is 7.07. The van der Waals surface area contributed by atoms with Gasteiger partial charge in [0.05, 0.1) is 11.0 Å². The fourth-order valence-corrected chi connectivity index (χ4v) is 3.39. The van der Waals surface area contributed by atoms with Crippen LogP contribution in [0.2, 0.25) is 0 Å². The summed E-state index contributed by atoms with van der Waals surface area (Å²) in [5, 5.41) is 3.94.